The van der Waals surface area contributed by atoms with Gasteiger partial charge in [-0.3, -0.25) is 15.6 Å². The van der Waals surface area contributed by atoms with Crippen LogP contribution in [-0.2, 0) is 34.8 Å². The summed E-state index contributed by atoms with van der Waals surface area (Å²) in [6, 6.07) is 15.4. The van der Waals surface area contributed by atoms with Crippen molar-refractivity contribution >= 4 is 23.6 Å². The van der Waals surface area contributed by atoms with Crippen LogP contribution in [0.1, 0.15) is 65.9 Å². The van der Waals surface area contributed by atoms with E-state index in [9.17, 15) is 9.59 Å². The van der Waals surface area contributed by atoms with E-state index in [1.165, 1.54) is 5.56 Å². The summed E-state index contributed by atoms with van der Waals surface area (Å²) in [5.74, 6) is 1.78. The van der Waals surface area contributed by atoms with Crippen molar-refractivity contribution < 1.29 is 53.8 Å². The van der Waals surface area contributed by atoms with Gasteiger partial charge in [0, 0.05) is 12.4 Å². The molecule has 47 heavy (non-hydrogen) atoms. The maximum absolute atomic E-state index is 11.9. The Morgan fingerprint density at radius 1 is 0.745 bits per heavy atom. The van der Waals surface area contributed by atoms with Gasteiger partial charge in [0.25, 0.3) is 0 Å². The van der Waals surface area contributed by atoms with Crippen LogP contribution in [0.2, 0.25) is 0 Å². The van der Waals surface area contributed by atoms with Crippen molar-refractivity contribution in [3.8, 4) is 22.6 Å². The van der Waals surface area contributed by atoms with Crippen molar-refractivity contribution in [3.63, 3.8) is 0 Å². The fraction of sp³-hybridized carbons (Fsp3) is 0.441. The Bertz CT molecular complexity index is 1480. The van der Waals surface area contributed by atoms with Crippen LogP contribution in [0.5, 0.6) is 11.5 Å². The van der Waals surface area contributed by atoms with E-state index >= 15 is 0 Å². The Hall–Kier alpha value is -4.02. The Balaban J connectivity index is 0.000000302. The molecule has 3 aromatic rings. The number of anilines is 2. The normalized spacial score (nSPS) is 13.1. The number of carbonyl (C=O) groups is 2. The SMILES string of the molecule is COc1cc(-c2ccncc2)ccc1NC(=O)OC(C)(C)C.COc1cc(C2CCNCC2)ccc1NC(=O)OC(C)(C)C.[O]=[Pt]=[O]. The number of carbonyl (C=O) groups excluding carboxylic acids is 2. The molecule has 1 aliphatic rings. The molecule has 4 rings (SSSR count). The molecule has 2 heterocycles. The molecule has 0 radical (unpaired) electrons. The van der Waals surface area contributed by atoms with E-state index in [0.29, 0.717) is 28.8 Å². The minimum atomic E-state index is -1.92. The van der Waals surface area contributed by atoms with Gasteiger partial charge in [0.1, 0.15) is 22.7 Å². The van der Waals surface area contributed by atoms with Crippen molar-refractivity contribution in [2.24, 2.45) is 0 Å². The molecular formula is C34H46N4O8Pt. The fourth-order valence-corrected chi connectivity index (χ4v) is 4.57. The molecule has 0 unspecified atom stereocenters. The number of ether oxygens (including phenoxy) is 4. The predicted octanol–water partition coefficient (Wildman–Crippen LogP) is 7.37. The molecule has 0 spiro atoms. The van der Waals surface area contributed by atoms with E-state index in [4.69, 9.17) is 25.7 Å². The first-order chi connectivity index (χ1) is 22.2. The summed E-state index contributed by atoms with van der Waals surface area (Å²) in [5, 5.41) is 8.82. The standard InChI is InChI=1S/C17H26N2O3.C17H20N2O3.2O.Pt/c2*1-17(2,3)22-16(20)19-14-6-5-13(11-15(14)21-4)12-7-9-18-10-8-12;;;/h5-6,11-12,18H,7-10H2,1-4H3,(H,19,20);5-11H,1-4H3,(H,19,20);;;. The molecule has 1 fully saturated rings. The zero-order chi connectivity index (χ0) is 35.0. The van der Waals surface area contributed by atoms with Crippen LogP contribution in [0.15, 0.2) is 60.9 Å². The first kappa shape index (κ1) is 39.2. The van der Waals surface area contributed by atoms with Crippen molar-refractivity contribution in [1.82, 2.24) is 10.3 Å². The zero-order valence-electron chi connectivity index (χ0n) is 28.2. The summed E-state index contributed by atoms with van der Waals surface area (Å²) in [6.45, 7) is 13.1. The van der Waals surface area contributed by atoms with Gasteiger partial charge >= 0.3 is 37.5 Å². The molecule has 0 saturated carbocycles. The van der Waals surface area contributed by atoms with Gasteiger partial charge in [-0.05, 0) is 126 Å². The van der Waals surface area contributed by atoms with Crippen LogP contribution in [0.25, 0.3) is 11.1 Å². The van der Waals surface area contributed by atoms with Gasteiger partial charge in [-0.2, -0.15) is 0 Å². The molecular weight excluding hydrogens is 787 g/mol. The molecule has 0 bridgehead atoms. The zero-order valence-corrected chi connectivity index (χ0v) is 30.5. The van der Waals surface area contributed by atoms with Crippen molar-refractivity contribution in [2.75, 3.05) is 37.9 Å². The van der Waals surface area contributed by atoms with Crippen molar-refractivity contribution in [1.29, 1.82) is 0 Å². The van der Waals surface area contributed by atoms with E-state index < -0.39 is 41.9 Å². The van der Waals surface area contributed by atoms with Gasteiger partial charge in [0.2, 0.25) is 0 Å². The topological polar surface area (TPSA) is 154 Å². The average Bonchev–Trinajstić information content (AvgIpc) is 3.01. The Morgan fingerprint density at radius 2 is 1.21 bits per heavy atom. The van der Waals surface area contributed by atoms with Crippen LogP contribution in [-0.4, -0.2) is 55.7 Å². The van der Waals surface area contributed by atoms with E-state index in [2.05, 4.69) is 27.0 Å². The van der Waals surface area contributed by atoms with E-state index in [1.54, 1.807) is 32.7 Å². The van der Waals surface area contributed by atoms with Crippen LogP contribution < -0.4 is 25.4 Å². The van der Waals surface area contributed by atoms with Gasteiger partial charge in [-0.25, -0.2) is 9.59 Å². The van der Waals surface area contributed by atoms with Gasteiger partial charge < -0.3 is 24.3 Å². The molecule has 2 amide bonds. The first-order valence-corrected chi connectivity index (χ1v) is 16.9. The number of aromatic nitrogens is 1. The quantitative estimate of drug-likeness (QED) is 0.229. The van der Waals surface area contributed by atoms with Gasteiger partial charge in [-0.15, -0.1) is 0 Å². The molecule has 1 saturated heterocycles. The second-order valence-electron chi connectivity index (χ2n) is 12.4. The molecule has 13 heteroatoms. The number of nitrogens with zero attached hydrogens (tertiary/aromatic N) is 1. The van der Waals surface area contributed by atoms with Crippen LogP contribution in [0.3, 0.4) is 0 Å². The average molecular weight is 834 g/mol. The van der Waals surface area contributed by atoms with Crippen LogP contribution in [0.4, 0.5) is 21.0 Å². The molecule has 0 atom stereocenters. The number of nitrogens with one attached hydrogen (secondary N) is 3. The summed E-state index contributed by atoms with van der Waals surface area (Å²) in [7, 11) is 3.17. The van der Waals surface area contributed by atoms with E-state index in [1.807, 2.05) is 77.9 Å². The third-order valence-corrected chi connectivity index (χ3v) is 6.52. The van der Waals surface area contributed by atoms with Gasteiger partial charge in [0.15, 0.2) is 0 Å². The molecule has 0 aliphatic carbocycles. The maximum atomic E-state index is 11.9. The second kappa shape index (κ2) is 19.0. The number of pyridine rings is 1. The monoisotopic (exact) mass is 833 g/mol. The van der Waals surface area contributed by atoms with E-state index in [-0.39, 0.29) is 0 Å². The Kier molecular flexibility index (Phi) is 15.8. The number of hydrogen-bond donors (Lipinski definition) is 3. The first-order valence-electron chi connectivity index (χ1n) is 15.0. The van der Waals surface area contributed by atoms with Gasteiger partial charge in [0.05, 0.1) is 25.6 Å². The number of methoxy groups -OCH3 is 2. The molecule has 12 nitrogen and oxygen atoms in total. The predicted molar refractivity (Wildman–Crippen MR) is 175 cm³/mol. The summed E-state index contributed by atoms with van der Waals surface area (Å²) in [5.41, 5.74) is 3.39. The number of rotatable bonds is 6. The van der Waals surface area contributed by atoms with Crippen molar-refractivity contribution in [3.05, 3.63) is 66.5 Å². The van der Waals surface area contributed by atoms with Crippen LogP contribution in [0, 0.1) is 0 Å². The summed E-state index contributed by atoms with van der Waals surface area (Å²) < 4.78 is 38.3. The van der Waals surface area contributed by atoms with Gasteiger partial charge in [-0.1, -0.05) is 12.1 Å². The second-order valence-corrected chi connectivity index (χ2v) is 12.8. The minimum absolute atomic E-state index is 0.472. The molecule has 2 aromatic carbocycles. The number of benzene rings is 2. The third-order valence-electron chi connectivity index (χ3n) is 6.52. The third kappa shape index (κ3) is 14.5. The van der Waals surface area contributed by atoms with Crippen LogP contribution >= 0.6 is 0 Å². The number of amides is 2. The number of hydrogen-bond acceptors (Lipinski definition) is 10. The number of piperidine rings is 1. The summed E-state index contributed by atoms with van der Waals surface area (Å²) in [6.07, 6.45) is 4.73. The fourth-order valence-electron chi connectivity index (χ4n) is 4.57. The summed E-state index contributed by atoms with van der Waals surface area (Å²) in [4.78, 5) is 27.7. The molecule has 260 valence electrons. The Morgan fingerprint density at radius 3 is 1.68 bits per heavy atom. The van der Waals surface area contributed by atoms with E-state index in [0.717, 1.165) is 37.1 Å². The summed E-state index contributed by atoms with van der Waals surface area (Å²) >= 11 is -1.92. The Labute approximate surface area is 285 Å². The molecule has 1 aromatic heterocycles. The molecule has 3 N–H and O–H groups in total. The van der Waals surface area contributed by atoms with Crippen molar-refractivity contribution in [2.45, 2.75) is 71.5 Å². The molecule has 1 aliphatic heterocycles.